The average Bonchev–Trinajstić information content (AvgIpc) is 3.51. The van der Waals surface area contributed by atoms with E-state index in [2.05, 4.69) is 187 Å². The van der Waals surface area contributed by atoms with Crippen LogP contribution in [-0.4, -0.2) is 9.55 Å². The molecule has 2 nitrogen and oxygen atoms in total. The second-order valence-corrected chi connectivity index (χ2v) is 12.8. The first-order chi connectivity index (χ1) is 24.3. The maximum absolute atomic E-state index is 5.35. The molecule has 2 heterocycles. The number of benzene rings is 8. The molecule has 0 aliphatic carbocycles. The molecule has 49 heavy (non-hydrogen) atoms. The van der Waals surface area contributed by atoms with Gasteiger partial charge in [0.05, 0.1) is 22.2 Å². The summed E-state index contributed by atoms with van der Waals surface area (Å²) < 4.78 is 2.40. The quantitative estimate of drug-likeness (QED) is 0.179. The molecule has 0 saturated carbocycles. The van der Waals surface area contributed by atoms with E-state index in [1.54, 1.807) is 0 Å². The third-order valence-corrected chi connectivity index (χ3v) is 9.96. The van der Waals surface area contributed by atoms with Gasteiger partial charge in [0.25, 0.3) is 0 Å². The Hall–Kier alpha value is -6.51. The van der Waals surface area contributed by atoms with Crippen molar-refractivity contribution >= 4 is 54.3 Å². The summed E-state index contributed by atoms with van der Waals surface area (Å²) in [7, 11) is 0. The molecule has 0 amide bonds. The van der Waals surface area contributed by atoms with Crippen molar-refractivity contribution in [3.8, 4) is 39.2 Å². The highest BCUT2D eigenvalue weighted by Crippen LogP contribution is 2.39. The number of hydrogen-bond donors (Lipinski definition) is 0. The minimum atomic E-state index is 0.966. The Balaban J connectivity index is 1.18. The van der Waals surface area contributed by atoms with Gasteiger partial charge in [-0.2, -0.15) is 0 Å². The van der Waals surface area contributed by atoms with Crippen LogP contribution in [-0.2, 0) is 0 Å². The van der Waals surface area contributed by atoms with Crippen LogP contribution in [0.15, 0.2) is 182 Å². The van der Waals surface area contributed by atoms with Gasteiger partial charge < -0.3 is 4.57 Å². The Labute approximate surface area is 284 Å². The molecule has 0 fully saturated rings. The van der Waals surface area contributed by atoms with Crippen LogP contribution in [0.4, 0.5) is 0 Å². The topological polar surface area (TPSA) is 17.8 Å². The van der Waals surface area contributed by atoms with Crippen molar-refractivity contribution < 1.29 is 0 Å². The van der Waals surface area contributed by atoms with E-state index in [0.29, 0.717) is 0 Å². The molecule has 0 aliphatic rings. The maximum atomic E-state index is 5.35. The van der Waals surface area contributed by atoms with Gasteiger partial charge in [-0.05, 0) is 86.9 Å². The Morgan fingerprint density at radius 3 is 1.39 bits per heavy atom. The Morgan fingerprint density at radius 1 is 0.306 bits per heavy atom. The summed E-state index contributed by atoms with van der Waals surface area (Å²) in [6, 6.07) is 65.6. The Morgan fingerprint density at radius 2 is 0.796 bits per heavy atom. The normalized spacial score (nSPS) is 11.7. The molecule has 2 aromatic heterocycles. The van der Waals surface area contributed by atoms with E-state index in [1.165, 1.54) is 71.0 Å². The van der Waals surface area contributed by atoms with Gasteiger partial charge in [-0.15, -0.1) is 0 Å². The largest absolute Gasteiger partial charge is 0.309 e. The lowest BCUT2D eigenvalue weighted by Gasteiger charge is -2.13. The zero-order valence-electron chi connectivity index (χ0n) is 26.7. The van der Waals surface area contributed by atoms with E-state index >= 15 is 0 Å². The predicted octanol–water partition coefficient (Wildman–Crippen LogP) is 12.6. The monoisotopic (exact) mass is 622 g/mol. The minimum Gasteiger partial charge on any atom is -0.309 e. The fourth-order valence-electron chi connectivity index (χ4n) is 7.65. The fourth-order valence-corrected chi connectivity index (χ4v) is 7.65. The first-order valence-electron chi connectivity index (χ1n) is 16.8. The molecule has 0 bridgehead atoms. The Bertz CT molecular complexity index is 2730. The summed E-state index contributed by atoms with van der Waals surface area (Å²) in [6.07, 6.45) is 0. The fraction of sp³-hybridized carbons (Fsp3) is 0. The number of rotatable bonds is 4. The van der Waals surface area contributed by atoms with Crippen LogP contribution < -0.4 is 0 Å². The van der Waals surface area contributed by atoms with Gasteiger partial charge in [-0.1, -0.05) is 133 Å². The van der Waals surface area contributed by atoms with Crippen LogP contribution in [0.25, 0.3) is 93.5 Å². The Kier molecular flexibility index (Phi) is 6.22. The van der Waals surface area contributed by atoms with Crippen molar-refractivity contribution in [2.75, 3.05) is 0 Å². The van der Waals surface area contributed by atoms with Crippen molar-refractivity contribution in [1.29, 1.82) is 0 Å². The van der Waals surface area contributed by atoms with Crippen LogP contribution in [0.3, 0.4) is 0 Å². The van der Waals surface area contributed by atoms with E-state index in [4.69, 9.17) is 4.98 Å². The summed E-state index contributed by atoms with van der Waals surface area (Å²) in [4.78, 5) is 5.35. The molecule has 10 rings (SSSR count). The van der Waals surface area contributed by atoms with E-state index < -0.39 is 0 Å². The molecule has 0 atom stereocenters. The highest BCUT2D eigenvalue weighted by molar-refractivity contribution is 6.24. The van der Waals surface area contributed by atoms with Crippen LogP contribution in [0.1, 0.15) is 0 Å². The number of hydrogen-bond acceptors (Lipinski definition) is 1. The van der Waals surface area contributed by atoms with Crippen LogP contribution >= 0.6 is 0 Å². The lowest BCUT2D eigenvalue weighted by Crippen LogP contribution is -1.95. The molecule has 0 spiro atoms. The lowest BCUT2D eigenvalue weighted by atomic mass is 9.96. The summed E-state index contributed by atoms with van der Waals surface area (Å²) in [5.41, 5.74) is 11.4. The van der Waals surface area contributed by atoms with Gasteiger partial charge in [0, 0.05) is 32.8 Å². The van der Waals surface area contributed by atoms with Crippen molar-refractivity contribution in [2.45, 2.75) is 0 Å². The molecule has 0 saturated heterocycles. The summed E-state index contributed by atoms with van der Waals surface area (Å²) >= 11 is 0. The van der Waals surface area contributed by atoms with Crippen LogP contribution in [0.2, 0.25) is 0 Å². The second-order valence-electron chi connectivity index (χ2n) is 12.8. The number of aromatic nitrogens is 2. The number of pyridine rings is 1. The molecule has 228 valence electrons. The van der Waals surface area contributed by atoms with Crippen molar-refractivity contribution in [3.05, 3.63) is 182 Å². The second kappa shape index (κ2) is 11.0. The molecule has 0 N–H and O–H groups in total. The van der Waals surface area contributed by atoms with Crippen molar-refractivity contribution in [3.63, 3.8) is 0 Å². The average molecular weight is 623 g/mol. The van der Waals surface area contributed by atoms with Crippen molar-refractivity contribution in [1.82, 2.24) is 9.55 Å². The highest BCUT2D eigenvalue weighted by atomic mass is 15.0. The molecular formula is C47H30N2. The standard InChI is InChI=1S/C47H30N2/c1-3-12-31(13-4-1)33-22-26-45-42(29-33)43-30-34(32-14-5-2-6-15-32)23-27-46(43)49(45)36-17-11-16-35(28-36)44-25-24-41-39-20-8-7-18-37(39)38-19-9-10-21-40(38)47(41)48-44/h1-30H. The highest BCUT2D eigenvalue weighted by Gasteiger charge is 2.16. The number of nitrogens with zero attached hydrogens (tertiary/aromatic N) is 2. The SMILES string of the molecule is c1ccc(-c2ccc3c(c2)c2cc(-c4ccccc4)ccc2n3-c2cccc(-c3ccc4c5ccccc5c5ccccc5c4n3)c2)cc1. The predicted molar refractivity (Wildman–Crippen MR) is 207 cm³/mol. The zero-order valence-corrected chi connectivity index (χ0v) is 26.7. The van der Waals surface area contributed by atoms with Gasteiger partial charge in [0.15, 0.2) is 0 Å². The smallest absolute Gasteiger partial charge is 0.0794 e. The number of fused-ring (bicyclic) bond motifs is 9. The first-order valence-corrected chi connectivity index (χ1v) is 16.8. The van der Waals surface area contributed by atoms with E-state index in [1.807, 2.05) is 0 Å². The summed E-state index contributed by atoms with van der Waals surface area (Å²) in [5.74, 6) is 0. The lowest BCUT2D eigenvalue weighted by molar-refractivity contribution is 1.18. The van der Waals surface area contributed by atoms with E-state index in [-0.39, 0.29) is 0 Å². The van der Waals surface area contributed by atoms with Gasteiger partial charge in [-0.3, -0.25) is 0 Å². The van der Waals surface area contributed by atoms with Gasteiger partial charge >= 0.3 is 0 Å². The maximum Gasteiger partial charge on any atom is 0.0794 e. The van der Waals surface area contributed by atoms with Crippen LogP contribution in [0, 0.1) is 0 Å². The zero-order chi connectivity index (χ0) is 32.3. The molecule has 10 aromatic rings. The van der Waals surface area contributed by atoms with Gasteiger partial charge in [0.2, 0.25) is 0 Å². The molecule has 8 aromatic carbocycles. The van der Waals surface area contributed by atoms with Gasteiger partial charge in [0.1, 0.15) is 0 Å². The molecule has 0 radical (unpaired) electrons. The molecule has 2 heteroatoms. The molecular weight excluding hydrogens is 593 g/mol. The minimum absolute atomic E-state index is 0.966. The van der Waals surface area contributed by atoms with E-state index in [9.17, 15) is 0 Å². The molecule has 0 unspecified atom stereocenters. The summed E-state index contributed by atoms with van der Waals surface area (Å²) in [6.45, 7) is 0. The first kappa shape index (κ1) is 27.6. The molecule has 0 aliphatic heterocycles. The van der Waals surface area contributed by atoms with Crippen LogP contribution in [0.5, 0.6) is 0 Å². The van der Waals surface area contributed by atoms with E-state index in [0.717, 1.165) is 22.5 Å². The summed E-state index contributed by atoms with van der Waals surface area (Å²) in [5, 5.41) is 8.57. The van der Waals surface area contributed by atoms with Gasteiger partial charge in [-0.25, -0.2) is 4.98 Å². The third-order valence-electron chi connectivity index (χ3n) is 9.96. The van der Waals surface area contributed by atoms with Crippen molar-refractivity contribution in [2.24, 2.45) is 0 Å². The third kappa shape index (κ3) is 4.46.